The zero-order valence-electron chi connectivity index (χ0n) is 16.0. The van der Waals surface area contributed by atoms with Gasteiger partial charge >= 0.3 is 6.09 Å². The lowest BCUT2D eigenvalue weighted by Crippen LogP contribution is -2.56. The maximum absolute atomic E-state index is 12.4. The van der Waals surface area contributed by atoms with E-state index in [0.29, 0.717) is 0 Å². The van der Waals surface area contributed by atoms with Gasteiger partial charge in [0, 0.05) is 32.7 Å². The van der Waals surface area contributed by atoms with E-state index in [2.05, 4.69) is 49.1 Å². The normalized spacial score (nSPS) is 21.3. The van der Waals surface area contributed by atoms with Gasteiger partial charge in [0.25, 0.3) is 0 Å². The number of carbonyl (C=O) groups excluding carboxylic acids is 1. The number of rotatable bonds is 3. The van der Waals surface area contributed by atoms with Gasteiger partial charge in [0.05, 0.1) is 0 Å². The Morgan fingerprint density at radius 3 is 2.46 bits per heavy atom. The summed E-state index contributed by atoms with van der Waals surface area (Å²) in [5.74, 6) is 0. The molecule has 0 aromatic heterocycles. The van der Waals surface area contributed by atoms with Crippen LogP contribution in [0.25, 0.3) is 0 Å². The number of ether oxygens (including phenoxy) is 1. The predicted molar refractivity (Wildman–Crippen MR) is 97.9 cm³/mol. The van der Waals surface area contributed by atoms with Gasteiger partial charge in [-0.15, -0.1) is 0 Å². The van der Waals surface area contributed by atoms with Crippen molar-refractivity contribution in [3.8, 4) is 0 Å². The Morgan fingerprint density at radius 1 is 1.29 bits per heavy atom. The highest BCUT2D eigenvalue weighted by Gasteiger charge is 2.40. The standard InChI is InChI=1S/C20H32N2O2/c1-19(2,3)24-18(23)21(6)17-12-13-22(15-20(17,4)5)14-16-10-8-7-9-11-16/h7-11,17H,12-15H2,1-6H3. The first kappa shape index (κ1) is 18.8. The molecule has 0 aliphatic carbocycles. The van der Waals surface area contributed by atoms with E-state index in [1.807, 2.05) is 27.8 Å². The second-order valence-corrected chi connectivity index (χ2v) is 8.58. The minimum Gasteiger partial charge on any atom is -0.444 e. The molecule has 1 aliphatic rings. The van der Waals surface area contributed by atoms with Crippen molar-refractivity contribution < 1.29 is 9.53 Å². The second kappa shape index (κ2) is 7.14. The van der Waals surface area contributed by atoms with Crippen LogP contribution in [0.2, 0.25) is 0 Å². The summed E-state index contributed by atoms with van der Waals surface area (Å²) >= 11 is 0. The fourth-order valence-electron chi connectivity index (χ4n) is 3.61. The molecule has 1 amide bonds. The molecule has 1 saturated heterocycles. The highest BCUT2D eigenvalue weighted by molar-refractivity contribution is 5.68. The molecule has 1 aromatic rings. The number of nitrogens with zero attached hydrogens (tertiary/aromatic N) is 2. The van der Waals surface area contributed by atoms with Crippen LogP contribution >= 0.6 is 0 Å². The Morgan fingerprint density at radius 2 is 1.92 bits per heavy atom. The molecule has 0 spiro atoms. The Kier molecular flexibility index (Phi) is 5.59. The Labute approximate surface area is 146 Å². The van der Waals surface area contributed by atoms with E-state index in [1.54, 1.807) is 4.90 Å². The molecule has 2 rings (SSSR count). The summed E-state index contributed by atoms with van der Waals surface area (Å²) < 4.78 is 5.54. The zero-order valence-corrected chi connectivity index (χ0v) is 16.0. The summed E-state index contributed by atoms with van der Waals surface area (Å²) in [6, 6.07) is 10.8. The molecular weight excluding hydrogens is 300 g/mol. The molecule has 1 fully saturated rings. The summed E-state index contributed by atoms with van der Waals surface area (Å²) in [5, 5.41) is 0. The second-order valence-electron chi connectivity index (χ2n) is 8.58. The molecule has 0 saturated carbocycles. The van der Waals surface area contributed by atoms with Crippen molar-refractivity contribution in [2.45, 2.75) is 59.2 Å². The Hall–Kier alpha value is -1.55. The SMILES string of the molecule is CN(C(=O)OC(C)(C)C)C1CCN(Cc2ccccc2)CC1(C)C. The lowest BCUT2D eigenvalue weighted by molar-refractivity contribution is -0.0167. The van der Waals surface area contributed by atoms with Gasteiger partial charge in [0.2, 0.25) is 0 Å². The number of hydrogen-bond acceptors (Lipinski definition) is 3. The van der Waals surface area contributed by atoms with Gasteiger partial charge in [-0.25, -0.2) is 4.79 Å². The van der Waals surface area contributed by atoms with Gasteiger partial charge in [0.1, 0.15) is 5.60 Å². The van der Waals surface area contributed by atoms with Gasteiger partial charge in [-0.2, -0.15) is 0 Å². The van der Waals surface area contributed by atoms with Crippen LogP contribution in [0.5, 0.6) is 0 Å². The molecule has 0 N–H and O–H groups in total. The van der Waals surface area contributed by atoms with Crippen LogP contribution in [-0.4, -0.2) is 47.7 Å². The topological polar surface area (TPSA) is 32.8 Å². The number of amides is 1. The number of hydrogen-bond donors (Lipinski definition) is 0. The lowest BCUT2D eigenvalue weighted by Gasteiger charge is -2.47. The predicted octanol–water partition coefficient (Wildman–Crippen LogP) is 4.15. The fourth-order valence-corrected chi connectivity index (χ4v) is 3.61. The minimum atomic E-state index is -0.455. The largest absolute Gasteiger partial charge is 0.444 e. The van der Waals surface area contributed by atoms with Crippen molar-refractivity contribution in [3.05, 3.63) is 35.9 Å². The molecule has 134 valence electrons. The quantitative estimate of drug-likeness (QED) is 0.833. The fraction of sp³-hybridized carbons (Fsp3) is 0.650. The first-order chi connectivity index (χ1) is 11.1. The smallest absolute Gasteiger partial charge is 0.410 e. The number of carbonyl (C=O) groups is 1. The Bertz CT molecular complexity index is 549. The van der Waals surface area contributed by atoms with Gasteiger partial charge in [-0.3, -0.25) is 4.90 Å². The molecule has 4 heteroatoms. The van der Waals surface area contributed by atoms with Gasteiger partial charge in [-0.1, -0.05) is 44.2 Å². The first-order valence-corrected chi connectivity index (χ1v) is 8.80. The van der Waals surface area contributed by atoms with Crippen molar-refractivity contribution >= 4 is 6.09 Å². The summed E-state index contributed by atoms with van der Waals surface area (Å²) in [5.41, 5.74) is 0.912. The molecule has 0 bridgehead atoms. The average molecular weight is 332 g/mol. The molecular formula is C20H32N2O2. The van der Waals surface area contributed by atoms with E-state index >= 15 is 0 Å². The van der Waals surface area contributed by atoms with Gasteiger partial charge in [0.15, 0.2) is 0 Å². The third-order valence-electron chi connectivity index (χ3n) is 4.65. The molecule has 0 radical (unpaired) electrons. The molecule has 4 nitrogen and oxygen atoms in total. The highest BCUT2D eigenvalue weighted by atomic mass is 16.6. The van der Waals surface area contributed by atoms with E-state index in [1.165, 1.54) is 5.56 Å². The summed E-state index contributed by atoms with van der Waals surface area (Å²) in [4.78, 5) is 16.7. The zero-order chi connectivity index (χ0) is 18.0. The van der Waals surface area contributed by atoms with Crippen molar-refractivity contribution in [2.24, 2.45) is 5.41 Å². The average Bonchev–Trinajstić information content (AvgIpc) is 2.45. The van der Waals surface area contributed by atoms with E-state index < -0.39 is 5.60 Å². The van der Waals surface area contributed by atoms with E-state index in [0.717, 1.165) is 26.1 Å². The summed E-state index contributed by atoms with van der Waals surface area (Å²) in [7, 11) is 1.87. The molecule has 1 atom stereocenters. The molecule has 1 heterocycles. The van der Waals surface area contributed by atoms with Crippen LogP contribution in [-0.2, 0) is 11.3 Å². The van der Waals surface area contributed by atoms with E-state index in [9.17, 15) is 4.79 Å². The van der Waals surface area contributed by atoms with Crippen LogP contribution in [0, 0.1) is 5.41 Å². The van der Waals surface area contributed by atoms with Gasteiger partial charge in [-0.05, 0) is 38.2 Å². The number of piperidine rings is 1. The van der Waals surface area contributed by atoms with Crippen LogP contribution in [0.4, 0.5) is 4.79 Å². The molecule has 1 aliphatic heterocycles. The molecule has 1 aromatic carbocycles. The third-order valence-corrected chi connectivity index (χ3v) is 4.65. The van der Waals surface area contributed by atoms with Crippen LogP contribution in [0.15, 0.2) is 30.3 Å². The maximum atomic E-state index is 12.4. The van der Waals surface area contributed by atoms with E-state index in [-0.39, 0.29) is 17.6 Å². The van der Waals surface area contributed by atoms with Crippen molar-refractivity contribution in [1.29, 1.82) is 0 Å². The Balaban J connectivity index is 1.99. The first-order valence-electron chi connectivity index (χ1n) is 8.80. The van der Waals surface area contributed by atoms with Crippen molar-refractivity contribution in [2.75, 3.05) is 20.1 Å². The molecule has 24 heavy (non-hydrogen) atoms. The number of likely N-dealkylation sites (tertiary alicyclic amines) is 1. The molecule has 1 unspecified atom stereocenters. The summed E-state index contributed by atoms with van der Waals surface area (Å²) in [6.45, 7) is 13.2. The minimum absolute atomic E-state index is 0.0265. The lowest BCUT2D eigenvalue weighted by atomic mass is 9.78. The monoisotopic (exact) mass is 332 g/mol. The van der Waals surface area contributed by atoms with E-state index in [4.69, 9.17) is 4.74 Å². The third kappa shape index (κ3) is 4.97. The number of benzene rings is 1. The van der Waals surface area contributed by atoms with Crippen molar-refractivity contribution in [3.63, 3.8) is 0 Å². The van der Waals surface area contributed by atoms with Crippen LogP contribution < -0.4 is 0 Å². The van der Waals surface area contributed by atoms with Crippen LogP contribution in [0.3, 0.4) is 0 Å². The highest BCUT2D eigenvalue weighted by Crippen LogP contribution is 2.33. The summed E-state index contributed by atoms with van der Waals surface area (Å²) in [6.07, 6.45) is 0.743. The van der Waals surface area contributed by atoms with Crippen molar-refractivity contribution in [1.82, 2.24) is 9.80 Å². The van der Waals surface area contributed by atoms with Gasteiger partial charge < -0.3 is 9.64 Å². The maximum Gasteiger partial charge on any atom is 0.410 e. The van der Waals surface area contributed by atoms with Crippen LogP contribution in [0.1, 0.15) is 46.6 Å².